The normalized spacial score (nSPS) is 13.7. The quantitative estimate of drug-likeness (QED) is 0.0280. The number of carbonyl (C=O) groups excluding carboxylic acids is 5. The number of benzene rings is 2. The lowest BCUT2D eigenvalue weighted by molar-refractivity contribution is -0.811. The van der Waals surface area contributed by atoms with Gasteiger partial charge in [-0.15, -0.1) is 0 Å². The number of imide groups is 1. The molecule has 4 amide bonds. The van der Waals surface area contributed by atoms with Gasteiger partial charge in [0.2, 0.25) is 6.29 Å². The van der Waals surface area contributed by atoms with Gasteiger partial charge >= 0.3 is 23.6 Å². The molecule has 0 saturated carbocycles. The lowest BCUT2D eigenvalue weighted by atomic mass is 10.0. The molecule has 0 aromatic heterocycles. The van der Waals surface area contributed by atoms with Crippen molar-refractivity contribution in [3.63, 3.8) is 0 Å². The predicted octanol–water partition coefficient (Wildman–Crippen LogP) is 7.58. The van der Waals surface area contributed by atoms with Gasteiger partial charge in [-0.05, 0) is 37.1 Å². The maximum atomic E-state index is 13.1. The highest BCUT2D eigenvalue weighted by Crippen LogP contribution is 2.29. The molecule has 10 heteroatoms. The Kier molecular flexibility index (Phi) is 17.4. The third kappa shape index (κ3) is 12.5. The summed E-state index contributed by atoms with van der Waals surface area (Å²) in [6, 6.07) is 15.3. The molecule has 2 aromatic rings. The summed E-state index contributed by atoms with van der Waals surface area (Å²) in [7, 11) is 0. The largest absolute Gasteiger partial charge is 0.481 e. The van der Waals surface area contributed by atoms with Crippen molar-refractivity contribution in [2.24, 2.45) is 0 Å². The van der Waals surface area contributed by atoms with Gasteiger partial charge in [-0.25, -0.2) is 14.6 Å². The van der Waals surface area contributed by atoms with E-state index in [2.05, 4.69) is 17.8 Å². The van der Waals surface area contributed by atoms with Crippen LogP contribution >= 0.6 is 0 Å². The zero-order valence-electron chi connectivity index (χ0n) is 28.8. The average Bonchev–Trinajstić information content (AvgIpc) is 3.37. The summed E-state index contributed by atoms with van der Waals surface area (Å²) < 4.78 is 5.09. The van der Waals surface area contributed by atoms with Crippen LogP contribution < -0.4 is 20.6 Å². The number of nitrogens with zero attached hydrogens (tertiary/aromatic N) is 2. The molecule has 1 aliphatic rings. The van der Waals surface area contributed by atoms with Crippen molar-refractivity contribution in [3.05, 3.63) is 54.6 Å². The van der Waals surface area contributed by atoms with Crippen LogP contribution in [0, 0.1) is 0 Å². The molecule has 2 aromatic carbocycles. The number of unbranched alkanes of at least 4 members (excludes halogenated alkanes) is 15. The monoisotopic (exact) mass is 663 g/mol. The molecule has 1 aliphatic heterocycles. The third-order valence-electron chi connectivity index (χ3n) is 8.87. The standard InChI is InChI=1S/C38H54N4O6/c1-2-3-4-5-6-7-8-9-10-11-12-13-14-15-16-22-29-42(37(46)27-28-38(42)47)40-35(44)31-48-34-26-21-20-25-33(34)41(36(45)30-43)39-32-23-18-17-19-24-32/h17-21,23-26,30,39H,2-16,22,27-29,31H2,1H3/p+1. The number of hydrazine groups is 1. The van der Waals surface area contributed by atoms with Gasteiger partial charge in [-0.3, -0.25) is 19.8 Å². The number of likely N-dealkylation sites (tertiary alicyclic amines) is 1. The van der Waals surface area contributed by atoms with E-state index in [-0.39, 0.29) is 48.9 Å². The lowest BCUT2D eigenvalue weighted by Crippen LogP contribution is -2.64. The molecule has 1 saturated heterocycles. The van der Waals surface area contributed by atoms with Crippen molar-refractivity contribution in [1.82, 2.24) is 5.43 Å². The summed E-state index contributed by atoms with van der Waals surface area (Å²) >= 11 is 0. The minimum Gasteiger partial charge on any atom is -0.481 e. The molecular formula is C38H55N4O6+. The molecule has 3 rings (SSSR count). The zero-order chi connectivity index (χ0) is 34.5. The Hall–Kier alpha value is -4.05. The highest BCUT2D eigenvalue weighted by atomic mass is 16.5. The second-order valence-corrected chi connectivity index (χ2v) is 12.7. The van der Waals surface area contributed by atoms with Crippen molar-refractivity contribution in [2.75, 3.05) is 23.6 Å². The van der Waals surface area contributed by atoms with E-state index in [1.54, 1.807) is 48.5 Å². The van der Waals surface area contributed by atoms with Crippen LogP contribution in [0.1, 0.15) is 122 Å². The Morgan fingerprint density at radius 2 is 1.23 bits per heavy atom. The molecule has 10 nitrogen and oxygen atoms in total. The second-order valence-electron chi connectivity index (χ2n) is 12.7. The van der Waals surface area contributed by atoms with Crippen LogP contribution in [0.2, 0.25) is 0 Å². The van der Waals surface area contributed by atoms with E-state index in [4.69, 9.17) is 4.74 Å². The summed E-state index contributed by atoms with van der Waals surface area (Å²) in [5, 5.41) is 1.04. The fourth-order valence-electron chi connectivity index (χ4n) is 6.14. The summed E-state index contributed by atoms with van der Waals surface area (Å²) in [5.74, 6) is -1.96. The number of hydrogen-bond acceptors (Lipinski definition) is 7. The minimum atomic E-state index is -0.865. The van der Waals surface area contributed by atoms with Crippen molar-refractivity contribution in [2.45, 2.75) is 122 Å². The molecule has 0 bridgehead atoms. The molecule has 2 N–H and O–H groups in total. The van der Waals surface area contributed by atoms with Crippen molar-refractivity contribution in [1.29, 1.82) is 0 Å². The van der Waals surface area contributed by atoms with Crippen LogP contribution in [0.15, 0.2) is 54.6 Å². The van der Waals surface area contributed by atoms with E-state index in [0.717, 1.165) is 24.3 Å². The molecule has 262 valence electrons. The number of hydrogen-bond donors (Lipinski definition) is 2. The van der Waals surface area contributed by atoms with Crippen LogP contribution in [0.5, 0.6) is 5.75 Å². The number of carbonyl (C=O) groups is 5. The number of amides is 4. The van der Waals surface area contributed by atoms with E-state index in [0.29, 0.717) is 12.1 Å². The summed E-state index contributed by atoms with van der Waals surface area (Å²) in [6.45, 7) is 1.98. The van der Waals surface area contributed by atoms with Crippen LogP contribution in [0.4, 0.5) is 11.4 Å². The topological polar surface area (TPSA) is 122 Å². The number of aldehydes is 1. The fraction of sp³-hybridized carbons (Fsp3) is 0.553. The second kappa shape index (κ2) is 21.8. The summed E-state index contributed by atoms with van der Waals surface area (Å²) in [5.41, 5.74) is 6.33. The first-order valence-corrected chi connectivity index (χ1v) is 18.0. The molecule has 0 spiro atoms. The van der Waals surface area contributed by atoms with Crippen molar-refractivity contribution < 1.29 is 33.3 Å². The van der Waals surface area contributed by atoms with E-state index in [9.17, 15) is 24.0 Å². The molecule has 0 aliphatic carbocycles. The van der Waals surface area contributed by atoms with Gasteiger partial charge in [0.05, 0.1) is 18.5 Å². The van der Waals surface area contributed by atoms with Gasteiger partial charge in [0.25, 0.3) is 0 Å². The molecule has 1 fully saturated rings. The first-order valence-electron chi connectivity index (χ1n) is 18.0. The first kappa shape index (κ1) is 38.4. The Morgan fingerprint density at radius 1 is 0.729 bits per heavy atom. The highest BCUT2D eigenvalue weighted by molar-refractivity contribution is 6.31. The molecule has 1 heterocycles. The molecular weight excluding hydrogens is 608 g/mol. The highest BCUT2D eigenvalue weighted by Gasteiger charge is 2.51. The Balaban J connectivity index is 1.42. The van der Waals surface area contributed by atoms with E-state index < -0.39 is 23.0 Å². The van der Waals surface area contributed by atoms with Gasteiger partial charge in [0.1, 0.15) is 18.0 Å². The van der Waals surface area contributed by atoms with Crippen molar-refractivity contribution >= 4 is 41.3 Å². The van der Waals surface area contributed by atoms with Crippen LogP contribution in [0.25, 0.3) is 0 Å². The van der Waals surface area contributed by atoms with Crippen LogP contribution in [0.3, 0.4) is 0 Å². The van der Waals surface area contributed by atoms with Gasteiger partial charge in [0, 0.05) is 0 Å². The Morgan fingerprint density at radius 3 is 1.77 bits per heavy atom. The van der Waals surface area contributed by atoms with Crippen LogP contribution in [-0.4, -0.2) is 47.7 Å². The predicted molar refractivity (Wildman–Crippen MR) is 188 cm³/mol. The van der Waals surface area contributed by atoms with Gasteiger partial charge in [-0.1, -0.05) is 132 Å². The van der Waals surface area contributed by atoms with Crippen LogP contribution in [-0.2, 0) is 24.0 Å². The SMILES string of the molecule is CCCCCCCCCCCCCCCCCC[N+]1(NC(=O)COc2ccccc2N(Nc2ccccc2)C(=O)C=O)C(=O)CCC1=O. The minimum absolute atomic E-state index is 0.0928. The summed E-state index contributed by atoms with van der Waals surface area (Å²) in [6.07, 6.45) is 19.9. The Bertz CT molecular complexity index is 1290. The molecule has 48 heavy (non-hydrogen) atoms. The average molecular weight is 664 g/mol. The van der Waals surface area contributed by atoms with E-state index in [1.165, 1.54) is 77.0 Å². The third-order valence-corrected chi connectivity index (χ3v) is 8.87. The smallest absolute Gasteiger partial charge is 0.346 e. The molecule has 0 unspecified atom stereocenters. The van der Waals surface area contributed by atoms with E-state index >= 15 is 0 Å². The number of quaternary nitrogens is 1. The first-order chi connectivity index (χ1) is 23.4. The van der Waals surface area contributed by atoms with Gasteiger partial charge < -0.3 is 4.74 Å². The van der Waals surface area contributed by atoms with E-state index in [1.807, 2.05) is 6.07 Å². The number of rotatable bonds is 25. The number of anilines is 2. The Labute approximate surface area is 286 Å². The lowest BCUT2D eigenvalue weighted by Gasteiger charge is -2.28. The summed E-state index contributed by atoms with van der Waals surface area (Å²) in [4.78, 5) is 62.9. The van der Waals surface area contributed by atoms with Gasteiger partial charge in [0.15, 0.2) is 6.61 Å². The fourth-order valence-corrected chi connectivity index (χ4v) is 6.14. The number of nitrogens with one attached hydrogen (secondary N) is 2. The maximum absolute atomic E-state index is 13.1. The molecule has 0 atom stereocenters. The molecule has 0 radical (unpaired) electrons. The maximum Gasteiger partial charge on any atom is 0.346 e. The number of ether oxygens (including phenoxy) is 1. The van der Waals surface area contributed by atoms with Crippen molar-refractivity contribution in [3.8, 4) is 5.75 Å². The van der Waals surface area contributed by atoms with Gasteiger partial charge in [-0.2, -0.15) is 5.43 Å². The zero-order valence-corrected chi connectivity index (χ0v) is 28.8. The number of para-hydroxylation sites is 3.